The van der Waals surface area contributed by atoms with Crippen LogP contribution in [-0.2, 0) is 14.3 Å². The van der Waals surface area contributed by atoms with E-state index in [1.165, 1.54) is 18.3 Å². The van der Waals surface area contributed by atoms with Crippen molar-refractivity contribution >= 4 is 11.9 Å². The molecule has 0 aromatic carbocycles. The van der Waals surface area contributed by atoms with Gasteiger partial charge in [-0.15, -0.1) is 0 Å². The first-order chi connectivity index (χ1) is 13.7. The van der Waals surface area contributed by atoms with Gasteiger partial charge in [0.25, 0.3) is 0 Å². The summed E-state index contributed by atoms with van der Waals surface area (Å²) in [4.78, 5) is 25.2. The zero-order valence-corrected chi connectivity index (χ0v) is 18.6. The minimum Gasteiger partial charge on any atom is -0.467 e. The topological polar surface area (TPSA) is 75.6 Å². The molecular formula is C24H37NO4. The number of hydrogen-bond acceptors (Lipinski definition) is 4. The van der Waals surface area contributed by atoms with Crippen LogP contribution in [0.5, 0.6) is 0 Å². The van der Waals surface area contributed by atoms with Gasteiger partial charge in [0.2, 0.25) is 5.91 Å². The van der Waals surface area contributed by atoms with Gasteiger partial charge in [0.15, 0.2) is 6.04 Å². The number of nitrogens with one attached hydrogen (secondary N) is 1. The summed E-state index contributed by atoms with van der Waals surface area (Å²) < 4.78 is 4.72. The highest BCUT2D eigenvalue weighted by molar-refractivity contribution is 5.88. The molecule has 5 heteroatoms. The minimum absolute atomic E-state index is 0.0768. The van der Waals surface area contributed by atoms with Gasteiger partial charge in [-0.25, -0.2) is 4.79 Å². The van der Waals surface area contributed by atoms with E-state index in [0.717, 1.165) is 38.5 Å². The lowest BCUT2D eigenvalue weighted by Crippen LogP contribution is -2.58. The van der Waals surface area contributed by atoms with Crippen LogP contribution in [-0.4, -0.2) is 36.7 Å². The monoisotopic (exact) mass is 403 g/mol. The predicted octanol–water partition coefficient (Wildman–Crippen LogP) is 3.77. The van der Waals surface area contributed by atoms with Gasteiger partial charge in [-0.3, -0.25) is 4.79 Å². The van der Waals surface area contributed by atoms with Crippen LogP contribution < -0.4 is 5.32 Å². The first kappa shape index (κ1) is 22.1. The standard InChI is InChI=1S/C24H37NO4/c1-15(2)16-7-9-18-17(13-16)8-10-20-23(18,3)11-6-12-24(20,4)22(28)25-19(14-26)21(27)29-5/h8,13,15,18-20,26H,6-7,9-12,14H2,1-5H3,(H,25,28)/t18-,19-,20+,23+,24+/m0/s1. The molecule has 1 amide bonds. The average Bonchev–Trinajstić information content (AvgIpc) is 2.70. The average molecular weight is 404 g/mol. The summed E-state index contributed by atoms with van der Waals surface area (Å²) in [7, 11) is 1.27. The Morgan fingerprint density at radius 3 is 2.66 bits per heavy atom. The Balaban J connectivity index is 1.89. The molecule has 162 valence electrons. The second-order valence-corrected chi connectivity index (χ2v) is 9.97. The third-order valence-electron chi connectivity index (χ3n) is 8.07. The van der Waals surface area contributed by atoms with Gasteiger partial charge in [-0.2, -0.15) is 0 Å². The summed E-state index contributed by atoms with van der Waals surface area (Å²) in [5.74, 6) is 0.559. The summed E-state index contributed by atoms with van der Waals surface area (Å²) in [5, 5.41) is 12.3. The second kappa shape index (κ2) is 8.25. The van der Waals surface area contributed by atoms with Crippen LogP contribution in [0, 0.1) is 28.6 Å². The van der Waals surface area contributed by atoms with E-state index in [1.807, 2.05) is 6.92 Å². The van der Waals surface area contributed by atoms with Crippen molar-refractivity contribution in [3.63, 3.8) is 0 Å². The normalized spacial score (nSPS) is 35.0. The smallest absolute Gasteiger partial charge is 0.330 e. The Labute approximate surface area is 175 Å². The molecule has 0 saturated heterocycles. The number of allylic oxidation sites excluding steroid dienone is 4. The van der Waals surface area contributed by atoms with E-state index >= 15 is 0 Å². The minimum atomic E-state index is -1.00. The van der Waals surface area contributed by atoms with Crippen molar-refractivity contribution in [1.29, 1.82) is 0 Å². The number of aliphatic hydroxyl groups is 1. The molecule has 0 radical (unpaired) electrons. The number of carbonyl (C=O) groups excluding carboxylic acids is 2. The first-order valence-corrected chi connectivity index (χ1v) is 11.1. The van der Waals surface area contributed by atoms with E-state index in [-0.39, 0.29) is 17.2 Å². The lowest BCUT2D eigenvalue weighted by Gasteiger charge is -2.57. The lowest BCUT2D eigenvalue weighted by atomic mass is 9.46. The van der Waals surface area contributed by atoms with Crippen molar-refractivity contribution in [2.75, 3.05) is 13.7 Å². The van der Waals surface area contributed by atoms with Crippen LogP contribution in [0.15, 0.2) is 23.3 Å². The van der Waals surface area contributed by atoms with E-state index in [0.29, 0.717) is 11.8 Å². The molecular weight excluding hydrogens is 366 g/mol. The first-order valence-electron chi connectivity index (χ1n) is 11.1. The number of carbonyl (C=O) groups is 2. The van der Waals surface area contributed by atoms with Gasteiger partial charge in [0, 0.05) is 0 Å². The molecule has 0 heterocycles. The summed E-state index contributed by atoms with van der Waals surface area (Å²) >= 11 is 0. The molecule has 1 saturated carbocycles. The molecule has 0 unspecified atom stereocenters. The molecule has 2 N–H and O–H groups in total. The third-order valence-corrected chi connectivity index (χ3v) is 8.07. The zero-order valence-electron chi connectivity index (χ0n) is 18.6. The van der Waals surface area contributed by atoms with Crippen molar-refractivity contribution in [2.24, 2.45) is 28.6 Å². The van der Waals surface area contributed by atoms with E-state index in [1.54, 1.807) is 0 Å². The van der Waals surface area contributed by atoms with E-state index in [2.05, 4.69) is 38.2 Å². The Morgan fingerprint density at radius 1 is 1.31 bits per heavy atom. The van der Waals surface area contributed by atoms with Gasteiger partial charge in [-0.05, 0) is 60.8 Å². The highest BCUT2D eigenvalue weighted by atomic mass is 16.5. The maximum atomic E-state index is 13.3. The quantitative estimate of drug-likeness (QED) is 0.685. The third kappa shape index (κ3) is 3.78. The molecule has 0 aromatic heterocycles. The van der Waals surface area contributed by atoms with E-state index in [4.69, 9.17) is 4.74 Å². The molecule has 29 heavy (non-hydrogen) atoms. The van der Waals surface area contributed by atoms with E-state index in [9.17, 15) is 14.7 Å². The van der Waals surface area contributed by atoms with Crippen molar-refractivity contribution < 1.29 is 19.4 Å². The fraction of sp³-hybridized carbons (Fsp3) is 0.750. The van der Waals surface area contributed by atoms with Crippen LogP contribution >= 0.6 is 0 Å². The molecule has 1 fully saturated rings. The second-order valence-electron chi connectivity index (χ2n) is 9.97. The van der Waals surface area contributed by atoms with Gasteiger partial charge in [0.05, 0.1) is 19.1 Å². The number of ether oxygens (including phenoxy) is 1. The maximum Gasteiger partial charge on any atom is 0.330 e. The number of hydrogen-bond donors (Lipinski definition) is 2. The van der Waals surface area contributed by atoms with Gasteiger partial charge < -0.3 is 15.2 Å². The molecule has 5 atom stereocenters. The van der Waals surface area contributed by atoms with Crippen LogP contribution in [0.3, 0.4) is 0 Å². The van der Waals surface area contributed by atoms with Crippen molar-refractivity contribution in [3.8, 4) is 0 Å². The highest BCUT2D eigenvalue weighted by Crippen LogP contribution is 2.62. The predicted molar refractivity (Wildman–Crippen MR) is 113 cm³/mol. The molecule has 0 aliphatic heterocycles. The SMILES string of the molecule is COC(=O)[C@H](CO)NC(=O)[C@]1(C)CCC[C@@]2(C)[C@H]1CC=C1C=C(C(C)C)CC[C@@H]12. The molecule has 3 aliphatic rings. The Morgan fingerprint density at radius 2 is 2.03 bits per heavy atom. The number of amides is 1. The summed E-state index contributed by atoms with van der Waals surface area (Å²) in [6, 6.07) is -1.00. The highest BCUT2D eigenvalue weighted by Gasteiger charge is 2.57. The van der Waals surface area contributed by atoms with Crippen molar-refractivity contribution in [2.45, 2.75) is 72.3 Å². The van der Waals surface area contributed by atoms with Gasteiger partial charge >= 0.3 is 5.97 Å². The Bertz CT molecular complexity index is 724. The zero-order chi connectivity index (χ0) is 21.4. The molecule has 0 bridgehead atoms. The van der Waals surface area contributed by atoms with Crippen LogP contribution in [0.4, 0.5) is 0 Å². The number of esters is 1. The Kier molecular flexibility index (Phi) is 6.28. The molecule has 3 aliphatic carbocycles. The summed E-state index contributed by atoms with van der Waals surface area (Å²) in [6.45, 7) is 8.50. The largest absolute Gasteiger partial charge is 0.467 e. The van der Waals surface area contributed by atoms with Crippen LogP contribution in [0.1, 0.15) is 66.2 Å². The summed E-state index contributed by atoms with van der Waals surface area (Å²) in [6.07, 6.45) is 10.9. The molecule has 0 aromatic rings. The van der Waals surface area contributed by atoms with E-state index < -0.39 is 24.0 Å². The Hall–Kier alpha value is -1.62. The number of rotatable bonds is 5. The summed E-state index contributed by atoms with van der Waals surface area (Å²) in [5.41, 5.74) is 2.52. The van der Waals surface area contributed by atoms with Crippen molar-refractivity contribution in [1.82, 2.24) is 5.32 Å². The fourth-order valence-electron chi connectivity index (χ4n) is 6.26. The number of methoxy groups -OCH3 is 1. The van der Waals surface area contributed by atoms with Crippen LogP contribution in [0.2, 0.25) is 0 Å². The lowest BCUT2D eigenvalue weighted by molar-refractivity contribution is -0.152. The number of fused-ring (bicyclic) bond motifs is 3. The molecule has 3 rings (SSSR count). The number of aliphatic hydroxyl groups excluding tert-OH is 1. The maximum absolute atomic E-state index is 13.3. The van der Waals surface area contributed by atoms with Crippen LogP contribution in [0.25, 0.3) is 0 Å². The van der Waals surface area contributed by atoms with Gasteiger partial charge in [0.1, 0.15) is 0 Å². The molecule has 5 nitrogen and oxygen atoms in total. The molecule has 0 spiro atoms. The van der Waals surface area contributed by atoms with Gasteiger partial charge in [-0.1, -0.05) is 51.8 Å². The van der Waals surface area contributed by atoms with Crippen molar-refractivity contribution in [3.05, 3.63) is 23.3 Å². The fourth-order valence-corrected chi connectivity index (χ4v) is 6.26.